The van der Waals surface area contributed by atoms with E-state index in [-0.39, 0.29) is 24.0 Å². The Kier molecular flexibility index (Phi) is 5.41. The van der Waals surface area contributed by atoms with Crippen molar-refractivity contribution < 1.29 is 14.3 Å². The van der Waals surface area contributed by atoms with Crippen LogP contribution >= 0.6 is 0 Å². The Hall–Kier alpha value is -1.10. The minimum absolute atomic E-state index is 0.00528. The quantitative estimate of drug-likeness (QED) is 0.765. The number of carbonyl (C=O) groups excluding carboxylic acids is 2. The van der Waals surface area contributed by atoms with E-state index >= 15 is 0 Å². The number of hydrogen-bond acceptors (Lipinski definition) is 3. The zero-order chi connectivity index (χ0) is 12.8. The van der Waals surface area contributed by atoms with Crippen LogP contribution < -0.4 is 5.32 Å². The van der Waals surface area contributed by atoms with Crippen molar-refractivity contribution in [3.63, 3.8) is 0 Å². The van der Waals surface area contributed by atoms with Crippen LogP contribution in [0.1, 0.15) is 33.6 Å². The molecule has 0 aromatic heterocycles. The Bertz CT molecular complexity index is 279. The highest BCUT2D eigenvalue weighted by atomic mass is 16.5. The van der Waals surface area contributed by atoms with Gasteiger partial charge in [0, 0.05) is 19.5 Å². The lowest BCUT2D eigenvalue weighted by molar-refractivity contribution is -0.134. The first-order chi connectivity index (χ1) is 8.04. The SMILES string of the molecule is CCC1NC(=O)CCN(CCOC(C)C)C1=O. The summed E-state index contributed by atoms with van der Waals surface area (Å²) in [6.45, 7) is 7.39. The highest BCUT2D eigenvalue weighted by molar-refractivity contribution is 5.89. The summed E-state index contributed by atoms with van der Waals surface area (Å²) in [4.78, 5) is 25.2. The van der Waals surface area contributed by atoms with Crippen molar-refractivity contribution in [2.24, 2.45) is 0 Å². The molecular weight excluding hydrogens is 220 g/mol. The van der Waals surface area contributed by atoms with Gasteiger partial charge in [-0.1, -0.05) is 6.92 Å². The average Bonchev–Trinajstić information content (AvgIpc) is 2.40. The van der Waals surface area contributed by atoms with Crippen LogP contribution in [0.3, 0.4) is 0 Å². The maximum absolute atomic E-state index is 12.1. The van der Waals surface area contributed by atoms with Gasteiger partial charge in [-0.15, -0.1) is 0 Å². The van der Waals surface area contributed by atoms with E-state index in [1.165, 1.54) is 0 Å². The highest BCUT2D eigenvalue weighted by Crippen LogP contribution is 2.06. The van der Waals surface area contributed by atoms with Crippen molar-refractivity contribution in [3.05, 3.63) is 0 Å². The molecule has 1 atom stereocenters. The molecule has 5 heteroatoms. The molecule has 1 aliphatic heterocycles. The zero-order valence-corrected chi connectivity index (χ0v) is 10.9. The number of amides is 2. The van der Waals surface area contributed by atoms with E-state index in [9.17, 15) is 9.59 Å². The van der Waals surface area contributed by atoms with Crippen LogP contribution in [-0.4, -0.2) is 48.6 Å². The Balaban J connectivity index is 2.51. The van der Waals surface area contributed by atoms with Crippen LogP contribution in [-0.2, 0) is 14.3 Å². The first-order valence-electron chi connectivity index (χ1n) is 6.24. The Morgan fingerprint density at radius 2 is 2.18 bits per heavy atom. The van der Waals surface area contributed by atoms with Crippen LogP contribution in [0.15, 0.2) is 0 Å². The summed E-state index contributed by atoms with van der Waals surface area (Å²) in [5.74, 6) is -0.0387. The molecule has 0 radical (unpaired) electrons. The molecule has 2 amide bonds. The fraction of sp³-hybridized carbons (Fsp3) is 0.833. The zero-order valence-electron chi connectivity index (χ0n) is 10.9. The number of hydrogen-bond donors (Lipinski definition) is 1. The third-order valence-corrected chi connectivity index (χ3v) is 2.77. The van der Waals surface area contributed by atoms with Crippen LogP contribution in [0.4, 0.5) is 0 Å². The lowest BCUT2D eigenvalue weighted by atomic mass is 10.2. The number of nitrogens with zero attached hydrogens (tertiary/aromatic N) is 1. The second kappa shape index (κ2) is 6.59. The number of nitrogens with one attached hydrogen (secondary N) is 1. The van der Waals surface area contributed by atoms with Gasteiger partial charge in [-0.05, 0) is 20.3 Å². The molecule has 1 N–H and O–H groups in total. The lowest BCUT2D eigenvalue weighted by Crippen LogP contribution is -2.45. The number of carbonyl (C=O) groups is 2. The molecule has 1 fully saturated rings. The van der Waals surface area contributed by atoms with E-state index in [4.69, 9.17) is 4.74 Å². The molecule has 0 bridgehead atoms. The van der Waals surface area contributed by atoms with Gasteiger partial charge < -0.3 is 15.0 Å². The molecule has 0 spiro atoms. The van der Waals surface area contributed by atoms with Gasteiger partial charge in [0.15, 0.2) is 0 Å². The average molecular weight is 242 g/mol. The molecule has 1 aliphatic rings. The maximum atomic E-state index is 12.1. The van der Waals surface area contributed by atoms with Gasteiger partial charge in [-0.3, -0.25) is 9.59 Å². The monoisotopic (exact) mass is 242 g/mol. The molecule has 17 heavy (non-hydrogen) atoms. The molecule has 1 heterocycles. The van der Waals surface area contributed by atoms with Crippen LogP contribution in [0.25, 0.3) is 0 Å². The third-order valence-electron chi connectivity index (χ3n) is 2.77. The molecule has 5 nitrogen and oxygen atoms in total. The van der Waals surface area contributed by atoms with Crippen molar-refractivity contribution in [3.8, 4) is 0 Å². The first-order valence-corrected chi connectivity index (χ1v) is 6.24. The Morgan fingerprint density at radius 1 is 1.47 bits per heavy atom. The fourth-order valence-corrected chi connectivity index (χ4v) is 1.79. The summed E-state index contributed by atoms with van der Waals surface area (Å²) in [7, 11) is 0. The molecule has 98 valence electrons. The smallest absolute Gasteiger partial charge is 0.245 e. The minimum Gasteiger partial charge on any atom is -0.377 e. The van der Waals surface area contributed by atoms with Gasteiger partial charge in [0.1, 0.15) is 6.04 Å². The summed E-state index contributed by atoms with van der Waals surface area (Å²) in [5.41, 5.74) is 0. The second-order valence-electron chi connectivity index (χ2n) is 4.52. The predicted octanol–water partition coefficient (Wildman–Crippen LogP) is 0.538. The van der Waals surface area contributed by atoms with E-state index in [1.54, 1.807) is 4.90 Å². The Morgan fingerprint density at radius 3 is 2.76 bits per heavy atom. The van der Waals surface area contributed by atoms with Gasteiger partial charge >= 0.3 is 0 Å². The van der Waals surface area contributed by atoms with Crippen molar-refractivity contribution in [1.82, 2.24) is 10.2 Å². The molecule has 0 aromatic carbocycles. The van der Waals surface area contributed by atoms with Gasteiger partial charge in [0.25, 0.3) is 0 Å². The molecule has 1 unspecified atom stereocenters. The predicted molar refractivity (Wildman–Crippen MR) is 64.5 cm³/mol. The summed E-state index contributed by atoms with van der Waals surface area (Å²) < 4.78 is 5.43. The minimum atomic E-state index is -0.371. The van der Waals surface area contributed by atoms with Gasteiger partial charge in [-0.2, -0.15) is 0 Å². The summed E-state index contributed by atoms with van der Waals surface area (Å²) in [6, 6.07) is -0.371. The largest absolute Gasteiger partial charge is 0.377 e. The summed E-state index contributed by atoms with van der Waals surface area (Å²) >= 11 is 0. The highest BCUT2D eigenvalue weighted by Gasteiger charge is 2.28. The fourth-order valence-electron chi connectivity index (χ4n) is 1.79. The Labute approximate surface area is 102 Å². The van der Waals surface area contributed by atoms with Crippen LogP contribution in [0.2, 0.25) is 0 Å². The van der Waals surface area contributed by atoms with E-state index in [0.29, 0.717) is 32.5 Å². The normalized spacial score (nSPS) is 21.6. The molecule has 1 saturated heterocycles. The maximum Gasteiger partial charge on any atom is 0.245 e. The van der Waals surface area contributed by atoms with Crippen molar-refractivity contribution in [2.75, 3.05) is 19.7 Å². The van der Waals surface area contributed by atoms with Gasteiger partial charge in [-0.25, -0.2) is 0 Å². The van der Waals surface area contributed by atoms with Crippen LogP contribution in [0.5, 0.6) is 0 Å². The first kappa shape index (κ1) is 14.0. The number of rotatable bonds is 5. The molecule has 0 aliphatic carbocycles. The molecular formula is C12H22N2O3. The van der Waals surface area contributed by atoms with Gasteiger partial charge in [0.05, 0.1) is 12.7 Å². The number of ether oxygens (including phenoxy) is 1. The third kappa shape index (κ3) is 4.34. The van der Waals surface area contributed by atoms with E-state index < -0.39 is 0 Å². The second-order valence-corrected chi connectivity index (χ2v) is 4.52. The standard InChI is InChI=1S/C12H22N2O3/c1-4-10-12(16)14(6-5-11(15)13-10)7-8-17-9(2)3/h9-10H,4-8H2,1-3H3,(H,13,15). The summed E-state index contributed by atoms with van der Waals surface area (Å²) in [5, 5.41) is 2.74. The van der Waals surface area contributed by atoms with Crippen LogP contribution in [0, 0.1) is 0 Å². The van der Waals surface area contributed by atoms with Gasteiger partial charge in [0.2, 0.25) is 11.8 Å². The molecule has 0 aromatic rings. The van der Waals surface area contributed by atoms with Crippen molar-refractivity contribution in [1.29, 1.82) is 0 Å². The van der Waals surface area contributed by atoms with Crippen molar-refractivity contribution in [2.45, 2.75) is 45.8 Å². The molecule has 0 saturated carbocycles. The topological polar surface area (TPSA) is 58.6 Å². The lowest BCUT2D eigenvalue weighted by Gasteiger charge is -2.23. The van der Waals surface area contributed by atoms with E-state index in [0.717, 1.165) is 0 Å². The van der Waals surface area contributed by atoms with E-state index in [1.807, 2.05) is 20.8 Å². The molecule has 1 rings (SSSR count). The van der Waals surface area contributed by atoms with E-state index in [2.05, 4.69) is 5.32 Å². The van der Waals surface area contributed by atoms with Crippen molar-refractivity contribution >= 4 is 11.8 Å². The summed E-state index contributed by atoms with van der Waals surface area (Å²) in [6.07, 6.45) is 1.18.